The first-order valence-corrected chi connectivity index (χ1v) is 7.82. The number of carbonyl (C=O) groups excluding carboxylic acids is 1. The summed E-state index contributed by atoms with van der Waals surface area (Å²) in [4.78, 5) is 10.7. The van der Waals surface area contributed by atoms with Crippen LogP contribution in [-0.2, 0) is 14.3 Å². The Kier molecular flexibility index (Phi) is 3.59. The lowest BCUT2D eigenvalue weighted by molar-refractivity contribution is -0.152. The van der Waals surface area contributed by atoms with Gasteiger partial charge in [0.25, 0.3) is 0 Å². The molecule has 0 aromatic carbocycles. The minimum atomic E-state index is -0.217. The third kappa shape index (κ3) is 2.67. The first kappa shape index (κ1) is 13.4. The largest absolute Gasteiger partial charge is 0.463 e. The highest BCUT2D eigenvalue weighted by Crippen LogP contribution is 2.61. The van der Waals surface area contributed by atoms with E-state index in [1.54, 1.807) is 0 Å². The summed E-state index contributed by atoms with van der Waals surface area (Å²) in [6, 6.07) is 0. The quantitative estimate of drug-likeness (QED) is 0.566. The molecular formula is C16H26O3. The fraction of sp³-hybridized carbons (Fsp3) is 0.938. The Hall–Kier alpha value is -0.570. The fourth-order valence-electron chi connectivity index (χ4n) is 5.26. The van der Waals surface area contributed by atoms with Crippen LogP contribution in [0.2, 0.25) is 0 Å². The van der Waals surface area contributed by atoms with Crippen LogP contribution in [0.5, 0.6) is 0 Å². The van der Waals surface area contributed by atoms with Gasteiger partial charge in [0.1, 0.15) is 6.61 Å². The summed E-state index contributed by atoms with van der Waals surface area (Å²) in [6.07, 6.45) is 8.84. The minimum Gasteiger partial charge on any atom is -0.463 e. The molecule has 1 unspecified atom stereocenters. The van der Waals surface area contributed by atoms with Gasteiger partial charge in [-0.1, -0.05) is 0 Å². The number of hydrogen-bond donors (Lipinski definition) is 0. The van der Waals surface area contributed by atoms with Gasteiger partial charge in [0, 0.05) is 6.92 Å². The van der Waals surface area contributed by atoms with Crippen LogP contribution in [0, 0.1) is 23.2 Å². The van der Waals surface area contributed by atoms with Gasteiger partial charge in [-0.05, 0) is 68.6 Å². The highest BCUT2D eigenvalue weighted by atomic mass is 16.6. The number of rotatable bonds is 5. The van der Waals surface area contributed by atoms with Crippen molar-refractivity contribution < 1.29 is 14.3 Å². The van der Waals surface area contributed by atoms with E-state index in [1.165, 1.54) is 45.4 Å². The zero-order valence-electron chi connectivity index (χ0n) is 12.2. The van der Waals surface area contributed by atoms with Gasteiger partial charge in [0.2, 0.25) is 0 Å². The smallest absolute Gasteiger partial charge is 0.302 e. The lowest BCUT2D eigenvalue weighted by Crippen LogP contribution is -2.51. The molecule has 0 heterocycles. The van der Waals surface area contributed by atoms with Crippen LogP contribution in [0.4, 0.5) is 0 Å². The zero-order valence-corrected chi connectivity index (χ0v) is 12.2. The van der Waals surface area contributed by atoms with Crippen LogP contribution in [-0.4, -0.2) is 25.3 Å². The first-order chi connectivity index (χ1) is 9.07. The normalized spacial score (nSPS) is 41.3. The summed E-state index contributed by atoms with van der Waals surface area (Å²) in [5.41, 5.74) is 0.435. The van der Waals surface area contributed by atoms with Crippen molar-refractivity contribution in [3.05, 3.63) is 0 Å². The second-order valence-electron chi connectivity index (χ2n) is 7.13. The van der Waals surface area contributed by atoms with Crippen LogP contribution >= 0.6 is 0 Å². The van der Waals surface area contributed by atoms with Crippen molar-refractivity contribution in [1.82, 2.24) is 0 Å². The van der Waals surface area contributed by atoms with E-state index in [9.17, 15) is 4.79 Å². The molecule has 4 aliphatic rings. The maximum absolute atomic E-state index is 10.7. The predicted molar refractivity (Wildman–Crippen MR) is 72.7 cm³/mol. The number of carbonyl (C=O) groups is 1. The van der Waals surface area contributed by atoms with E-state index in [0.29, 0.717) is 24.7 Å². The van der Waals surface area contributed by atoms with E-state index >= 15 is 0 Å². The van der Waals surface area contributed by atoms with Gasteiger partial charge in [-0.25, -0.2) is 0 Å². The van der Waals surface area contributed by atoms with Gasteiger partial charge in [-0.2, -0.15) is 0 Å². The summed E-state index contributed by atoms with van der Waals surface area (Å²) in [5, 5.41) is 0. The molecule has 0 saturated heterocycles. The van der Waals surface area contributed by atoms with Gasteiger partial charge in [0.05, 0.1) is 12.7 Å². The lowest BCUT2D eigenvalue weighted by Gasteiger charge is -2.58. The van der Waals surface area contributed by atoms with Crippen molar-refractivity contribution in [2.75, 3.05) is 13.2 Å². The SMILES string of the molecule is CC(=O)OCCOC(C)C12CC3CC(CC(C3)C1)C2. The van der Waals surface area contributed by atoms with Gasteiger partial charge in [-0.3, -0.25) is 4.79 Å². The molecule has 4 rings (SSSR count). The molecule has 0 spiro atoms. The van der Waals surface area contributed by atoms with Crippen LogP contribution in [0.3, 0.4) is 0 Å². The molecule has 0 aromatic heterocycles. The molecule has 4 bridgehead atoms. The summed E-state index contributed by atoms with van der Waals surface area (Å²) in [6.45, 7) is 4.62. The van der Waals surface area contributed by atoms with Gasteiger partial charge in [0.15, 0.2) is 0 Å². The highest BCUT2D eigenvalue weighted by molar-refractivity contribution is 5.65. The van der Waals surface area contributed by atoms with E-state index in [-0.39, 0.29) is 5.97 Å². The molecule has 4 aliphatic carbocycles. The van der Waals surface area contributed by atoms with E-state index in [1.807, 2.05) is 0 Å². The lowest BCUT2D eigenvalue weighted by atomic mass is 9.48. The standard InChI is InChI=1S/C16H26O3/c1-11(18-3-4-19-12(2)17)16-8-13-5-14(9-16)7-15(6-13)10-16/h11,13-15H,3-10H2,1-2H3. The van der Waals surface area contributed by atoms with Gasteiger partial charge >= 0.3 is 5.97 Å². The Morgan fingerprint density at radius 3 is 2.11 bits per heavy atom. The third-order valence-corrected chi connectivity index (χ3v) is 5.70. The molecule has 0 radical (unpaired) electrons. The first-order valence-electron chi connectivity index (χ1n) is 7.82. The summed E-state index contributed by atoms with van der Waals surface area (Å²) in [5.74, 6) is 2.67. The Morgan fingerprint density at radius 1 is 1.11 bits per heavy atom. The zero-order chi connectivity index (χ0) is 13.5. The number of ether oxygens (including phenoxy) is 2. The second-order valence-corrected chi connectivity index (χ2v) is 7.13. The van der Waals surface area contributed by atoms with E-state index in [0.717, 1.165) is 17.8 Å². The molecule has 0 aliphatic heterocycles. The van der Waals surface area contributed by atoms with Crippen molar-refractivity contribution in [3.8, 4) is 0 Å². The maximum Gasteiger partial charge on any atom is 0.302 e. The monoisotopic (exact) mass is 266 g/mol. The predicted octanol–water partition coefficient (Wildman–Crippen LogP) is 3.17. The summed E-state index contributed by atoms with van der Waals surface area (Å²) >= 11 is 0. The van der Waals surface area contributed by atoms with Crippen molar-refractivity contribution in [1.29, 1.82) is 0 Å². The average Bonchev–Trinajstić information content (AvgIpc) is 2.32. The van der Waals surface area contributed by atoms with Gasteiger partial charge < -0.3 is 9.47 Å². The Morgan fingerprint density at radius 2 is 1.63 bits per heavy atom. The molecule has 4 fully saturated rings. The second kappa shape index (κ2) is 5.08. The molecule has 108 valence electrons. The highest BCUT2D eigenvalue weighted by Gasteiger charge is 2.53. The molecule has 1 atom stereocenters. The van der Waals surface area contributed by atoms with E-state index in [4.69, 9.17) is 9.47 Å². The molecule has 4 saturated carbocycles. The van der Waals surface area contributed by atoms with Crippen LogP contribution in [0.1, 0.15) is 52.4 Å². The fourth-order valence-corrected chi connectivity index (χ4v) is 5.26. The van der Waals surface area contributed by atoms with Crippen molar-refractivity contribution in [2.45, 2.75) is 58.5 Å². The third-order valence-electron chi connectivity index (χ3n) is 5.70. The molecule has 0 N–H and O–H groups in total. The maximum atomic E-state index is 10.7. The molecule has 0 aromatic rings. The van der Waals surface area contributed by atoms with Crippen LogP contribution in [0.15, 0.2) is 0 Å². The summed E-state index contributed by atoms with van der Waals surface area (Å²) < 4.78 is 10.9. The Labute approximate surface area is 116 Å². The minimum absolute atomic E-state index is 0.217. The van der Waals surface area contributed by atoms with Crippen molar-refractivity contribution in [2.24, 2.45) is 23.2 Å². The molecular weight excluding hydrogens is 240 g/mol. The summed E-state index contributed by atoms with van der Waals surface area (Å²) in [7, 11) is 0. The molecule has 3 heteroatoms. The Bertz CT molecular complexity index is 315. The van der Waals surface area contributed by atoms with Crippen LogP contribution in [0.25, 0.3) is 0 Å². The molecule has 3 nitrogen and oxygen atoms in total. The van der Waals surface area contributed by atoms with E-state index < -0.39 is 0 Å². The average molecular weight is 266 g/mol. The topological polar surface area (TPSA) is 35.5 Å². The number of hydrogen-bond acceptors (Lipinski definition) is 3. The molecule has 0 amide bonds. The van der Waals surface area contributed by atoms with E-state index in [2.05, 4.69) is 6.92 Å². The van der Waals surface area contributed by atoms with Crippen molar-refractivity contribution in [3.63, 3.8) is 0 Å². The van der Waals surface area contributed by atoms with Crippen LogP contribution < -0.4 is 0 Å². The molecule has 19 heavy (non-hydrogen) atoms. The van der Waals surface area contributed by atoms with Crippen molar-refractivity contribution >= 4 is 5.97 Å². The van der Waals surface area contributed by atoms with Gasteiger partial charge in [-0.15, -0.1) is 0 Å². The Balaban J connectivity index is 1.54. The number of esters is 1.